The zero-order valence-electron chi connectivity index (χ0n) is 10.3. The number of hydrogen-bond donors (Lipinski definition) is 1. The molecule has 1 aromatic rings. The zero-order valence-corrected chi connectivity index (χ0v) is 10.3. The third-order valence-corrected chi connectivity index (χ3v) is 4.38. The van der Waals surface area contributed by atoms with E-state index in [1.165, 1.54) is 18.4 Å². The number of amides is 1. The summed E-state index contributed by atoms with van der Waals surface area (Å²) in [5.41, 5.74) is 1.60. The molecule has 1 spiro atoms. The third-order valence-electron chi connectivity index (χ3n) is 4.38. The molecule has 1 atom stereocenters. The normalized spacial score (nSPS) is 35.7. The van der Waals surface area contributed by atoms with Crippen LogP contribution in [-0.2, 0) is 11.2 Å². The van der Waals surface area contributed by atoms with Crippen LogP contribution >= 0.6 is 0 Å². The second kappa shape index (κ2) is 3.86. The van der Waals surface area contributed by atoms with E-state index in [1.54, 1.807) is 0 Å². The van der Waals surface area contributed by atoms with Crippen molar-refractivity contribution in [3.8, 4) is 0 Å². The summed E-state index contributed by atoms with van der Waals surface area (Å²) in [6, 6.07) is 10.8. The number of carbonyl (C=O) groups excluding carboxylic acids is 1. The van der Waals surface area contributed by atoms with Gasteiger partial charge in [0.05, 0.1) is 0 Å². The Hall–Kier alpha value is -1.31. The van der Waals surface area contributed by atoms with Crippen molar-refractivity contribution in [2.75, 3.05) is 0 Å². The van der Waals surface area contributed by atoms with Crippen LogP contribution in [0.25, 0.3) is 0 Å². The van der Waals surface area contributed by atoms with Crippen molar-refractivity contribution in [1.82, 2.24) is 5.32 Å². The summed E-state index contributed by atoms with van der Waals surface area (Å²) in [6.45, 7) is 2.29. The lowest BCUT2D eigenvalue weighted by molar-refractivity contribution is -0.120. The highest BCUT2D eigenvalue weighted by molar-refractivity contribution is 5.80. The molecule has 1 amide bonds. The van der Waals surface area contributed by atoms with Gasteiger partial charge in [-0.05, 0) is 30.7 Å². The lowest BCUT2D eigenvalue weighted by atomic mass is 9.58. The highest BCUT2D eigenvalue weighted by atomic mass is 16.2. The second-order valence-corrected chi connectivity index (χ2v) is 5.86. The fourth-order valence-electron chi connectivity index (χ4n) is 3.72. The molecule has 1 aliphatic carbocycles. The molecule has 2 aliphatic rings. The summed E-state index contributed by atoms with van der Waals surface area (Å²) in [5, 5.41) is 3.18. The summed E-state index contributed by atoms with van der Waals surface area (Å²) in [4.78, 5) is 11.6. The van der Waals surface area contributed by atoms with Crippen LogP contribution in [0.5, 0.6) is 0 Å². The molecule has 2 fully saturated rings. The Morgan fingerprint density at radius 2 is 2.00 bits per heavy atom. The highest BCUT2D eigenvalue weighted by Crippen LogP contribution is 2.53. The molecule has 1 heterocycles. The van der Waals surface area contributed by atoms with E-state index in [2.05, 4.69) is 36.5 Å². The van der Waals surface area contributed by atoms with Crippen molar-refractivity contribution in [3.05, 3.63) is 35.9 Å². The predicted molar refractivity (Wildman–Crippen MR) is 67.5 cm³/mol. The standard InChI is InChI=1S/C15H19NO/c1-11-8-15(9-11)10-14(17)16-13(15)7-12-5-3-2-4-6-12/h2-6,11,13H,7-10H2,1H3,(H,16,17). The third kappa shape index (κ3) is 1.86. The van der Waals surface area contributed by atoms with E-state index in [0.717, 1.165) is 18.8 Å². The Morgan fingerprint density at radius 3 is 2.65 bits per heavy atom. The van der Waals surface area contributed by atoms with Crippen LogP contribution in [-0.4, -0.2) is 11.9 Å². The molecule has 0 bridgehead atoms. The number of benzene rings is 1. The molecule has 1 saturated carbocycles. The molecule has 2 nitrogen and oxygen atoms in total. The van der Waals surface area contributed by atoms with Crippen molar-refractivity contribution in [3.63, 3.8) is 0 Å². The molecule has 90 valence electrons. The molecular formula is C15H19NO. The van der Waals surface area contributed by atoms with E-state index in [-0.39, 0.29) is 11.3 Å². The van der Waals surface area contributed by atoms with Crippen LogP contribution < -0.4 is 5.32 Å². The van der Waals surface area contributed by atoms with Gasteiger partial charge >= 0.3 is 0 Å². The largest absolute Gasteiger partial charge is 0.352 e. The maximum absolute atomic E-state index is 11.6. The average molecular weight is 229 g/mol. The van der Waals surface area contributed by atoms with Crippen molar-refractivity contribution in [1.29, 1.82) is 0 Å². The minimum Gasteiger partial charge on any atom is -0.352 e. The van der Waals surface area contributed by atoms with Gasteiger partial charge in [0, 0.05) is 17.9 Å². The van der Waals surface area contributed by atoms with E-state index in [4.69, 9.17) is 0 Å². The van der Waals surface area contributed by atoms with Gasteiger partial charge in [0.15, 0.2) is 0 Å². The summed E-state index contributed by atoms with van der Waals surface area (Å²) >= 11 is 0. The molecule has 2 heteroatoms. The zero-order chi connectivity index (χ0) is 11.9. The van der Waals surface area contributed by atoms with Gasteiger partial charge in [-0.1, -0.05) is 37.3 Å². The summed E-state index contributed by atoms with van der Waals surface area (Å²) in [5.74, 6) is 1.04. The Labute approximate surface area is 102 Å². The predicted octanol–water partition coefficient (Wildman–Crippen LogP) is 2.53. The van der Waals surface area contributed by atoms with Crippen LogP contribution in [0.3, 0.4) is 0 Å². The van der Waals surface area contributed by atoms with Gasteiger partial charge in [-0.2, -0.15) is 0 Å². The molecule has 0 radical (unpaired) electrons. The number of rotatable bonds is 2. The minimum absolute atomic E-state index is 0.248. The van der Waals surface area contributed by atoms with Crippen LogP contribution in [0.4, 0.5) is 0 Å². The fraction of sp³-hybridized carbons (Fsp3) is 0.533. The Balaban J connectivity index is 1.76. The maximum Gasteiger partial charge on any atom is 0.220 e. The molecule has 0 aromatic heterocycles. The smallest absolute Gasteiger partial charge is 0.220 e. The van der Waals surface area contributed by atoms with E-state index < -0.39 is 0 Å². The van der Waals surface area contributed by atoms with Crippen LogP contribution in [0, 0.1) is 11.3 Å². The van der Waals surface area contributed by atoms with Gasteiger partial charge in [0.25, 0.3) is 0 Å². The number of carbonyl (C=O) groups is 1. The summed E-state index contributed by atoms with van der Waals surface area (Å²) in [7, 11) is 0. The van der Waals surface area contributed by atoms with Crippen molar-refractivity contribution < 1.29 is 4.79 Å². The lowest BCUT2D eigenvalue weighted by Gasteiger charge is -2.47. The van der Waals surface area contributed by atoms with Gasteiger partial charge in [-0.25, -0.2) is 0 Å². The van der Waals surface area contributed by atoms with Gasteiger partial charge < -0.3 is 5.32 Å². The maximum atomic E-state index is 11.6. The van der Waals surface area contributed by atoms with Gasteiger partial charge in [0.2, 0.25) is 5.91 Å². The Kier molecular flexibility index (Phi) is 2.46. The first-order chi connectivity index (χ1) is 8.18. The van der Waals surface area contributed by atoms with Crippen molar-refractivity contribution >= 4 is 5.91 Å². The highest BCUT2D eigenvalue weighted by Gasteiger charge is 2.53. The van der Waals surface area contributed by atoms with Crippen molar-refractivity contribution in [2.45, 2.75) is 38.6 Å². The fourth-order valence-corrected chi connectivity index (χ4v) is 3.72. The van der Waals surface area contributed by atoms with Gasteiger partial charge in [-0.15, -0.1) is 0 Å². The Morgan fingerprint density at radius 1 is 1.29 bits per heavy atom. The molecule has 3 rings (SSSR count). The quantitative estimate of drug-likeness (QED) is 0.829. The van der Waals surface area contributed by atoms with Gasteiger partial charge in [-0.3, -0.25) is 4.79 Å². The SMILES string of the molecule is CC1CC2(CC(=O)NC2Cc2ccccc2)C1. The number of nitrogens with one attached hydrogen (secondary N) is 1. The molecule has 1 aromatic carbocycles. The molecule has 1 saturated heterocycles. The van der Waals surface area contributed by atoms with E-state index in [1.807, 2.05) is 6.07 Å². The Bertz CT molecular complexity index is 420. The first-order valence-electron chi connectivity index (χ1n) is 6.51. The first kappa shape index (κ1) is 10.8. The molecule has 1 unspecified atom stereocenters. The molecule has 1 N–H and O–H groups in total. The molecule has 17 heavy (non-hydrogen) atoms. The van der Waals surface area contributed by atoms with E-state index >= 15 is 0 Å². The van der Waals surface area contributed by atoms with E-state index in [0.29, 0.717) is 6.04 Å². The minimum atomic E-state index is 0.248. The van der Waals surface area contributed by atoms with Crippen LogP contribution in [0.15, 0.2) is 30.3 Å². The van der Waals surface area contributed by atoms with Gasteiger partial charge in [0.1, 0.15) is 0 Å². The lowest BCUT2D eigenvalue weighted by Crippen LogP contribution is -2.46. The van der Waals surface area contributed by atoms with Crippen LogP contribution in [0.2, 0.25) is 0 Å². The first-order valence-corrected chi connectivity index (χ1v) is 6.51. The molecular weight excluding hydrogens is 210 g/mol. The number of hydrogen-bond acceptors (Lipinski definition) is 1. The van der Waals surface area contributed by atoms with Crippen molar-refractivity contribution in [2.24, 2.45) is 11.3 Å². The topological polar surface area (TPSA) is 29.1 Å². The van der Waals surface area contributed by atoms with E-state index in [9.17, 15) is 4.79 Å². The van der Waals surface area contributed by atoms with Crippen LogP contribution in [0.1, 0.15) is 31.7 Å². The second-order valence-electron chi connectivity index (χ2n) is 5.86. The monoisotopic (exact) mass is 229 g/mol. The summed E-state index contributed by atoms with van der Waals surface area (Å²) in [6.07, 6.45) is 4.15. The average Bonchev–Trinajstić information content (AvgIpc) is 2.56. The molecule has 1 aliphatic heterocycles. The summed E-state index contributed by atoms with van der Waals surface area (Å²) < 4.78 is 0.